The summed E-state index contributed by atoms with van der Waals surface area (Å²) in [5, 5.41) is 16.3. The van der Waals surface area contributed by atoms with Gasteiger partial charge in [0.15, 0.2) is 5.13 Å². The molecule has 1 amide bonds. The number of aliphatic carboxylic acids is 1. The number of unbranched alkanes of at least 4 members (excludes halogenated alkanes) is 2. The molecular weight excluding hydrogens is 530 g/mol. The monoisotopic (exact) mass is 561 g/mol. The molecule has 0 unspecified atom stereocenters. The first-order valence-corrected chi connectivity index (χ1v) is 14.3. The lowest BCUT2D eigenvalue weighted by Gasteiger charge is -2.06. The fourth-order valence-corrected chi connectivity index (χ4v) is 5.25. The van der Waals surface area contributed by atoms with Gasteiger partial charge in [0.1, 0.15) is 0 Å². The van der Waals surface area contributed by atoms with Crippen molar-refractivity contribution in [2.24, 2.45) is 0 Å². The minimum absolute atomic E-state index is 0.0986. The highest BCUT2D eigenvalue weighted by Crippen LogP contribution is 2.39. The Labute approximate surface area is 238 Å². The first-order valence-electron chi connectivity index (χ1n) is 13.1. The summed E-state index contributed by atoms with van der Waals surface area (Å²) in [5.41, 5.74) is 5.89. The van der Waals surface area contributed by atoms with Crippen LogP contribution < -0.4 is 10.6 Å². The molecule has 0 spiro atoms. The molecule has 0 aliphatic rings. The third kappa shape index (κ3) is 8.15. The Bertz CT molecular complexity index is 1380. The number of amides is 1. The van der Waals surface area contributed by atoms with E-state index in [2.05, 4.69) is 41.8 Å². The Morgan fingerprint density at radius 1 is 0.897 bits per heavy atom. The van der Waals surface area contributed by atoms with Crippen LogP contribution in [0.25, 0.3) is 21.7 Å². The van der Waals surface area contributed by atoms with Gasteiger partial charge in [-0.3, -0.25) is 9.59 Å². The number of carbonyl (C=O) groups is 2. The van der Waals surface area contributed by atoms with E-state index in [0.717, 1.165) is 38.8 Å². The van der Waals surface area contributed by atoms with Gasteiger partial charge in [-0.1, -0.05) is 91.2 Å². The summed E-state index contributed by atoms with van der Waals surface area (Å²) >= 11 is 7.74. The van der Waals surface area contributed by atoms with Crippen molar-refractivity contribution < 1.29 is 14.7 Å². The second-order valence-corrected chi connectivity index (χ2v) is 10.7. The molecule has 202 valence electrons. The fraction of sp³-hybridized carbons (Fsp3) is 0.258. The average Bonchev–Trinajstić information content (AvgIpc) is 3.37. The van der Waals surface area contributed by atoms with Crippen molar-refractivity contribution in [1.82, 2.24) is 10.3 Å². The maximum Gasteiger partial charge on any atom is 0.305 e. The standard InChI is InChI=1S/C31H32ClN3O3S/c1-2-3-4-5-21-6-10-23(11-7-21)28-29(24-14-16-26(32)17-15-24)39-31(35-28)34-20-22-8-12-25(13-9-22)30(38)33-19-18-27(36)37/h6-17H,2-5,18-20H2,1H3,(H,33,38)(H,34,35)(H,36,37). The third-order valence-corrected chi connectivity index (χ3v) is 7.63. The summed E-state index contributed by atoms with van der Waals surface area (Å²) in [5.74, 6) is -1.23. The van der Waals surface area contributed by atoms with Crippen LogP contribution in [0.4, 0.5) is 5.13 Å². The molecule has 0 radical (unpaired) electrons. The Morgan fingerprint density at radius 3 is 2.23 bits per heavy atom. The van der Waals surface area contributed by atoms with Gasteiger partial charge in [-0.2, -0.15) is 0 Å². The highest BCUT2D eigenvalue weighted by Gasteiger charge is 2.15. The molecule has 3 aromatic carbocycles. The quantitative estimate of drug-likeness (QED) is 0.146. The van der Waals surface area contributed by atoms with Gasteiger partial charge in [-0.15, -0.1) is 0 Å². The second-order valence-electron chi connectivity index (χ2n) is 9.31. The summed E-state index contributed by atoms with van der Waals surface area (Å²) < 4.78 is 0. The van der Waals surface area contributed by atoms with E-state index in [1.165, 1.54) is 24.8 Å². The van der Waals surface area contributed by atoms with Gasteiger partial charge in [-0.05, 0) is 53.8 Å². The van der Waals surface area contributed by atoms with Gasteiger partial charge in [0.25, 0.3) is 5.91 Å². The Kier molecular flexibility index (Phi) is 10.1. The summed E-state index contributed by atoms with van der Waals surface area (Å²) in [6.07, 6.45) is 4.64. The highest BCUT2D eigenvalue weighted by atomic mass is 35.5. The molecule has 1 heterocycles. The molecule has 4 rings (SSSR count). The molecule has 1 aromatic heterocycles. The van der Waals surface area contributed by atoms with E-state index < -0.39 is 5.97 Å². The van der Waals surface area contributed by atoms with Crippen LogP contribution in [0.2, 0.25) is 5.02 Å². The molecule has 6 nitrogen and oxygen atoms in total. The second kappa shape index (κ2) is 13.9. The van der Waals surface area contributed by atoms with Gasteiger partial charge in [-0.25, -0.2) is 4.98 Å². The van der Waals surface area contributed by atoms with Gasteiger partial charge in [0, 0.05) is 29.2 Å². The fourth-order valence-electron chi connectivity index (χ4n) is 4.13. The maximum absolute atomic E-state index is 12.2. The zero-order valence-electron chi connectivity index (χ0n) is 21.9. The molecule has 0 fully saturated rings. The first-order chi connectivity index (χ1) is 18.9. The first kappa shape index (κ1) is 28.3. The third-order valence-electron chi connectivity index (χ3n) is 6.31. The number of carbonyl (C=O) groups excluding carboxylic acids is 1. The van der Waals surface area contributed by atoms with Crippen LogP contribution in [0.5, 0.6) is 0 Å². The topological polar surface area (TPSA) is 91.3 Å². The van der Waals surface area contributed by atoms with Gasteiger partial charge in [0.2, 0.25) is 0 Å². The number of carboxylic acid groups (broad SMARTS) is 1. The van der Waals surface area contributed by atoms with Gasteiger partial charge >= 0.3 is 5.97 Å². The SMILES string of the molecule is CCCCCc1ccc(-c2nc(NCc3ccc(C(=O)NCCC(=O)O)cc3)sc2-c2ccc(Cl)cc2)cc1. The summed E-state index contributed by atoms with van der Waals surface area (Å²) in [7, 11) is 0. The van der Waals surface area contributed by atoms with Crippen molar-refractivity contribution in [3.05, 3.63) is 94.5 Å². The molecule has 0 bridgehead atoms. The molecule has 0 saturated heterocycles. The number of rotatable bonds is 13. The summed E-state index contributed by atoms with van der Waals surface area (Å²) in [6, 6.07) is 23.8. The Balaban J connectivity index is 1.48. The normalized spacial score (nSPS) is 10.8. The van der Waals surface area contributed by atoms with Crippen molar-refractivity contribution in [2.75, 3.05) is 11.9 Å². The molecule has 0 saturated carbocycles. The maximum atomic E-state index is 12.2. The number of halogens is 1. The van der Waals surface area contributed by atoms with Crippen molar-refractivity contribution in [3.63, 3.8) is 0 Å². The number of nitrogens with one attached hydrogen (secondary N) is 2. The number of benzene rings is 3. The number of hydrogen-bond donors (Lipinski definition) is 3. The smallest absolute Gasteiger partial charge is 0.305 e. The number of aryl methyl sites for hydroxylation is 1. The number of carboxylic acids is 1. The highest BCUT2D eigenvalue weighted by molar-refractivity contribution is 7.19. The lowest BCUT2D eigenvalue weighted by molar-refractivity contribution is -0.136. The van der Waals surface area contributed by atoms with Gasteiger partial charge < -0.3 is 15.7 Å². The number of anilines is 1. The minimum atomic E-state index is -0.944. The number of aromatic nitrogens is 1. The van der Waals surface area contributed by atoms with Crippen molar-refractivity contribution in [1.29, 1.82) is 0 Å². The van der Waals surface area contributed by atoms with E-state index in [-0.39, 0.29) is 18.9 Å². The van der Waals surface area contributed by atoms with Crippen molar-refractivity contribution in [2.45, 2.75) is 45.6 Å². The predicted octanol–water partition coefficient (Wildman–Crippen LogP) is 7.68. The summed E-state index contributed by atoms with van der Waals surface area (Å²) in [4.78, 5) is 28.9. The molecule has 0 aliphatic carbocycles. The molecule has 4 aromatic rings. The van der Waals surface area contributed by atoms with E-state index >= 15 is 0 Å². The average molecular weight is 562 g/mol. The number of thiazole rings is 1. The molecule has 0 aliphatic heterocycles. The van der Waals surface area contributed by atoms with E-state index in [1.807, 2.05) is 36.4 Å². The molecular formula is C31H32ClN3O3S. The molecule has 8 heteroatoms. The Morgan fingerprint density at radius 2 is 1.56 bits per heavy atom. The molecule has 0 atom stereocenters. The Hall–Kier alpha value is -3.68. The van der Waals surface area contributed by atoms with Crippen LogP contribution in [0, 0.1) is 0 Å². The lowest BCUT2D eigenvalue weighted by Crippen LogP contribution is -2.25. The van der Waals surface area contributed by atoms with Gasteiger partial charge in [0.05, 0.1) is 17.0 Å². The zero-order chi connectivity index (χ0) is 27.6. The van der Waals surface area contributed by atoms with Crippen LogP contribution in [-0.2, 0) is 17.8 Å². The van der Waals surface area contributed by atoms with Crippen molar-refractivity contribution >= 4 is 39.9 Å². The van der Waals surface area contributed by atoms with Crippen LogP contribution in [0.1, 0.15) is 54.1 Å². The lowest BCUT2D eigenvalue weighted by atomic mass is 10.0. The van der Waals surface area contributed by atoms with Crippen molar-refractivity contribution in [3.8, 4) is 21.7 Å². The predicted molar refractivity (Wildman–Crippen MR) is 160 cm³/mol. The largest absolute Gasteiger partial charge is 0.481 e. The van der Waals surface area contributed by atoms with Crippen LogP contribution in [0.15, 0.2) is 72.8 Å². The van der Waals surface area contributed by atoms with E-state index in [9.17, 15) is 9.59 Å². The molecule has 3 N–H and O–H groups in total. The number of nitrogens with zero attached hydrogens (tertiary/aromatic N) is 1. The van der Waals surface area contributed by atoms with E-state index in [4.69, 9.17) is 21.7 Å². The van der Waals surface area contributed by atoms with E-state index in [1.54, 1.807) is 23.5 Å². The van der Waals surface area contributed by atoms with Crippen LogP contribution in [-0.4, -0.2) is 28.5 Å². The number of hydrogen-bond acceptors (Lipinski definition) is 5. The minimum Gasteiger partial charge on any atom is -0.481 e. The van der Waals surface area contributed by atoms with Crippen LogP contribution >= 0.6 is 22.9 Å². The van der Waals surface area contributed by atoms with E-state index in [0.29, 0.717) is 17.1 Å². The van der Waals surface area contributed by atoms with Crippen LogP contribution in [0.3, 0.4) is 0 Å². The molecule has 39 heavy (non-hydrogen) atoms. The summed E-state index contributed by atoms with van der Waals surface area (Å²) in [6.45, 7) is 2.86. The zero-order valence-corrected chi connectivity index (χ0v) is 23.4.